The zero-order valence-electron chi connectivity index (χ0n) is 23.2. The molecule has 0 unspecified atom stereocenters. The number of benzene rings is 3. The van der Waals surface area contributed by atoms with E-state index in [1.54, 1.807) is 12.1 Å². The second-order valence-electron chi connectivity index (χ2n) is 10.5. The molecule has 2 heterocycles. The van der Waals surface area contributed by atoms with Gasteiger partial charge in [0.15, 0.2) is 0 Å². The fourth-order valence-corrected chi connectivity index (χ4v) is 5.02. The van der Waals surface area contributed by atoms with Crippen LogP contribution < -0.4 is 9.47 Å². The second-order valence-corrected chi connectivity index (χ2v) is 10.5. The maximum Gasteiger partial charge on any atom is 0.136 e. The van der Waals surface area contributed by atoms with Gasteiger partial charge < -0.3 is 19.3 Å². The molecule has 0 atom stereocenters. The summed E-state index contributed by atoms with van der Waals surface area (Å²) in [6.07, 6.45) is 0. The lowest BCUT2D eigenvalue weighted by Crippen LogP contribution is -2.34. The fraction of sp³-hybridized carbons (Fsp3) is 0.375. The van der Waals surface area contributed by atoms with E-state index in [0.29, 0.717) is 34.7 Å². The third-order valence-corrected chi connectivity index (χ3v) is 7.17. The Kier molecular flexibility index (Phi) is 8.15. The first-order valence-electron chi connectivity index (χ1n) is 13.8. The lowest BCUT2D eigenvalue weighted by molar-refractivity contribution is 0.287. The quantitative estimate of drug-likeness (QED) is 0.328. The predicted molar refractivity (Wildman–Crippen MR) is 154 cm³/mol. The van der Waals surface area contributed by atoms with Crippen LogP contribution in [0.15, 0.2) is 76.7 Å². The van der Waals surface area contributed by atoms with Gasteiger partial charge in [0, 0.05) is 47.4 Å². The van der Waals surface area contributed by atoms with E-state index in [0.717, 1.165) is 49.0 Å². The van der Waals surface area contributed by atoms with Gasteiger partial charge in [-0.2, -0.15) is 0 Å². The molecule has 6 nitrogen and oxygen atoms in total. The predicted octanol–water partition coefficient (Wildman–Crippen LogP) is 5.92. The molecule has 5 rings (SSSR count). The molecular formula is C32H37FN4O2. The summed E-state index contributed by atoms with van der Waals surface area (Å²) in [5, 5.41) is 0. The first-order valence-corrected chi connectivity index (χ1v) is 13.8. The number of halogens is 1. The Morgan fingerprint density at radius 3 is 1.46 bits per heavy atom. The molecule has 2 aliphatic rings. The number of nitrogens with zero attached hydrogens (tertiary/aromatic N) is 4. The normalized spacial score (nSPS) is 15.3. The van der Waals surface area contributed by atoms with E-state index in [2.05, 4.69) is 47.5 Å². The van der Waals surface area contributed by atoms with E-state index < -0.39 is 0 Å². The number of rotatable bonds is 10. The van der Waals surface area contributed by atoms with Crippen molar-refractivity contribution in [1.29, 1.82) is 0 Å². The summed E-state index contributed by atoms with van der Waals surface area (Å²) in [5.41, 5.74) is 3.13. The molecule has 7 heteroatoms. The van der Waals surface area contributed by atoms with Crippen LogP contribution in [0.1, 0.15) is 49.9 Å². The summed E-state index contributed by atoms with van der Waals surface area (Å²) >= 11 is 0. The molecule has 0 fully saturated rings. The molecule has 0 aliphatic carbocycles. The molecule has 204 valence electrons. The van der Waals surface area contributed by atoms with Crippen molar-refractivity contribution in [2.24, 2.45) is 9.98 Å². The first kappa shape index (κ1) is 26.7. The Morgan fingerprint density at radius 1 is 0.667 bits per heavy atom. The summed E-state index contributed by atoms with van der Waals surface area (Å²) in [7, 11) is 0. The van der Waals surface area contributed by atoms with E-state index in [4.69, 9.17) is 9.47 Å². The summed E-state index contributed by atoms with van der Waals surface area (Å²) in [6, 6.07) is 21.9. The van der Waals surface area contributed by atoms with Crippen molar-refractivity contribution in [3.05, 3.63) is 94.8 Å². The van der Waals surface area contributed by atoms with Gasteiger partial charge in [-0.05, 0) is 76.2 Å². The molecule has 3 aromatic carbocycles. The number of hydrogen-bond acceptors (Lipinski definition) is 6. The molecule has 39 heavy (non-hydrogen) atoms. The van der Waals surface area contributed by atoms with E-state index in [9.17, 15) is 0 Å². The minimum atomic E-state index is -0.300. The van der Waals surface area contributed by atoms with Gasteiger partial charge in [0.05, 0.1) is 13.1 Å². The lowest BCUT2D eigenvalue weighted by atomic mass is 10.1. The maximum atomic E-state index is 15.2. The van der Waals surface area contributed by atoms with Crippen molar-refractivity contribution in [3.8, 4) is 11.5 Å². The third-order valence-electron chi connectivity index (χ3n) is 7.17. The number of ether oxygens (including phenoxy) is 2. The second kappa shape index (κ2) is 11.9. The smallest absolute Gasteiger partial charge is 0.136 e. The summed E-state index contributed by atoms with van der Waals surface area (Å²) in [5.74, 6) is 3.13. The Hall–Kier alpha value is -3.87. The number of aliphatic imine (C=N–C) groups is 2. The number of hydrogen-bond donors (Lipinski definition) is 0. The van der Waals surface area contributed by atoms with Crippen LogP contribution in [-0.4, -0.2) is 59.7 Å². The van der Waals surface area contributed by atoms with Gasteiger partial charge in [0.2, 0.25) is 0 Å². The highest BCUT2D eigenvalue weighted by molar-refractivity contribution is 6.00. The molecule has 0 bridgehead atoms. The van der Waals surface area contributed by atoms with Gasteiger partial charge in [-0.15, -0.1) is 0 Å². The zero-order valence-corrected chi connectivity index (χ0v) is 23.2. The van der Waals surface area contributed by atoms with Gasteiger partial charge >= 0.3 is 0 Å². The third kappa shape index (κ3) is 6.08. The van der Waals surface area contributed by atoms with Crippen LogP contribution in [0.3, 0.4) is 0 Å². The van der Waals surface area contributed by atoms with Crippen LogP contribution in [0.4, 0.5) is 4.39 Å². The molecule has 0 saturated carbocycles. The van der Waals surface area contributed by atoms with E-state index in [-0.39, 0.29) is 19.0 Å². The fourth-order valence-electron chi connectivity index (χ4n) is 5.02. The Morgan fingerprint density at radius 2 is 1.08 bits per heavy atom. The Labute approximate surface area is 230 Å². The maximum absolute atomic E-state index is 15.2. The van der Waals surface area contributed by atoms with Crippen LogP contribution in [0.5, 0.6) is 11.5 Å². The van der Waals surface area contributed by atoms with Gasteiger partial charge in [-0.1, -0.05) is 18.2 Å². The molecule has 0 saturated heterocycles. The highest BCUT2D eigenvalue weighted by atomic mass is 19.1. The van der Waals surface area contributed by atoms with Crippen molar-refractivity contribution < 1.29 is 13.9 Å². The zero-order chi connectivity index (χ0) is 27.4. The molecule has 0 N–H and O–H groups in total. The van der Waals surface area contributed by atoms with Crippen molar-refractivity contribution in [2.75, 3.05) is 26.2 Å². The van der Waals surface area contributed by atoms with Crippen LogP contribution in [0, 0.1) is 5.82 Å². The molecule has 2 aliphatic heterocycles. The Balaban J connectivity index is 1.17. The lowest BCUT2D eigenvalue weighted by Gasteiger charge is -2.24. The van der Waals surface area contributed by atoms with Crippen LogP contribution in [0.2, 0.25) is 0 Å². The topological polar surface area (TPSA) is 49.7 Å². The molecule has 0 spiro atoms. The monoisotopic (exact) mass is 528 g/mol. The molecule has 0 amide bonds. The van der Waals surface area contributed by atoms with Crippen LogP contribution in [-0.2, 0) is 13.2 Å². The van der Waals surface area contributed by atoms with Crippen molar-refractivity contribution in [3.63, 3.8) is 0 Å². The SMILES string of the molecule is CC(C)N1CCN=C1c1ccc(OCc2cccc(COc3ccc(C4=NCCN4C(C)C)cc3)c2F)cc1. The van der Waals surface area contributed by atoms with Gasteiger partial charge in [0.1, 0.15) is 42.2 Å². The van der Waals surface area contributed by atoms with Crippen molar-refractivity contribution in [2.45, 2.75) is 53.0 Å². The van der Waals surface area contributed by atoms with E-state index in [1.807, 2.05) is 54.6 Å². The highest BCUT2D eigenvalue weighted by Crippen LogP contribution is 2.23. The minimum Gasteiger partial charge on any atom is -0.489 e. The van der Waals surface area contributed by atoms with Crippen molar-refractivity contribution in [1.82, 2.24) is 9.80 Å². The van der Waals surface area contributed by atoms with E-state index >= 15 is 4.39 Å². The first-order chi connectivity index (χ1) is 18.9. The average Bonchev–Trinajstić information content (AvgIpc) is 3.63. The van der Waals surface area contributed by atoms with Gasteiger partial charge in [0.25, 0.3) is 0 Å². The molecular weight excluding hydrogens is 491 g/mol. The summed E-state index contributed by atoms with van der Waals surface area (Å²) < 4.78 is 27.1. The molecule has 3 aromatic rings. The summed E-state index contributed by atoms with van der Waals surface area (Å²) in [6.45, 7) is 12.5. The Bertz CT molecular complexity index is 1230. The van der Waals surface area contributed by atoms with E-state index in [1.165, 1.54) is 0 Å². The van der Waals surface area contributed by atoms with Crippen molar-refractivity contribution >= 4 is 11.7 Å². The van der Waals surface area contributed by atoms with Crippen LogP contribution >= 0.6 is 0 Å². The summed E-state index contributed by atoms with van der Waals surface area (Å²) in [4.78, 5) is 13.9. The average molecular weight is 529 g/mol. The largest absolute Gasteiger partial charge is 0.489 e. The number of amidine groups is 2. The highest BCUT2D eigenvalue weighted by Gasteiger charge is 2.22. The minimum absolute atomic E-state index is 0.140. The standard InChI is InChI=1S/C32H37FN4O2/c1-22(2)36-18-16-34-31(36)24-8-12-28(13-9-24)38-20-26-6-5-7-27(30(26)33)21-39-29-14-10-25(11-15-29)32-35-17-19-37(32)23(3)4/h5-15,22-23H,16-21H2,1-4H3. The molecule has 0 radical (unpaired) electrons. The van der Waals surface area contributed by atoms with Crippen LogP contribution in [0.25, 0.3) is 0 Å². The van der Waals surface area contributed by atoms with Gasteiger partial charge in [-0.3, -0.25) is 9.98 Å². The van der Waals surface area contributed by atoms with Gasteiger partial charge in [-0.25, -0.2) is 4.39 Å². The molecule has 0 aromatic heterocycles.